The van der Waals surface area contributed by atoms with Crippen LogP contribution in [0.25, 0.3) is 0 Å². The van der Waals surface area contributed by atoms with Crippen LogP contribution in [0.1, 0.15) is 19.8 Å². The van der Waals surface area contributed by atoms with Gasteiger partial charge in [0.05, 0.1) is 18.8 Å². The van der Waals surface area contributed by atoms with Crippen molar-refractivity contribution in [3.05, 3.63) is 12.2 Å². The van der Waals surface area contributed by atoms with Crippen LogP contribution < -0.4 is 5.32 Å². The Morgan fingerprint density at radius 2 is 2.00 bits per heavy atom. The normalized spacial score (nSPS) is 29.8. The minimum atomic E-state index is -2.47. The SMILES string of the molecule is C=C(C)C(=O)OCCNC(=O)OC1C2CCC(O2)C1OS(=O)O. The zero-order valence-electron chi connectivity index (χ0n) is 12.6. The molecule has 2 fully saturated rings. The summed E-state index contributed by atoms with van der Waals surface area (Å²) in [4.78, 5) is 22.9. The molecule has 2 saturated heterocycles. The Hall–Kier alpha value is -1.49. The predicted molar refractivity (Wildman–Crippen MR) is 77.6 cm³/mol. The molecule has 2 rings (SSSR count). The van der Waals surface area contributed by atoms with E-state index in [0.29, 0.717) is 12.8 Å². The molecule has 5 atom stereocenters. The summed E-state index contributed by atoms with van der Waals surface area (Å²) in [5.74, 6) is -0.541. The molecule has 0 saturated carbocycles. The lowest BCUT2D eigenvalue weighted by Crippen LogP contribution is -2.44. The van der Waals surface area contributed by atoms with Crippen LogP contribution in [-0.4, -0.2) is 58.4 Å². The number of hydrogen-bond donors (Lipinski definition) is 2. The fourth-order valence-electron chi connectivity index (χ4n) is 2.54. The lowest BCUT2D eigenvalue weighted by atomic mass is 9.95. The van der Waals surface area contributed by atoms with Crippen LogP contribution >= 0.6 is 0 Å². The number of rotatable bonds is 7. The standard InChI is InChI=1S/C13H19NO8S/c1-7(2)12(15)19-6-5-14-13(16)21-10-8-3-4-9(20-8)11(10)22-23(17)18/h8-11H,1,3-6H2,2H3,(H,14,16)(H,17,18). The van der Waals surface area contributed by atoms with E-state index in [-0.39, 0.29) is 30.9 Å². The lowest BCUT2D eigenvalue weighted by molar-refractivity contribution is -0.138. The molecule has 2 heterocycles. The van der Waals surface area contributed by atoms with Gasteiger partial charge in [-0.05, 0) is 19.8 Å². The minimum absolute atomic E-state index is 0.0192. The van der Waals surface area contributed by atoms with E-state index >= 15 is 0 Å². The van der Waals surface area contributed by atoms with Crippen LogP contribution in [0.4, 0.5) is 4.79 Å². The van der Waals surface area contributed by atoms with Crippen molar-refractivity contribution in [3.8, 4) is 0 Å². The summed E-state index contributed by atoms with van der Waals surface area (Å²) in [6.07, 6.45) is -1.59. The highest BCUT2D eigenvalue weighted by molar-refractivity contribution is 7.74. The van der Waals surface area contributed by atoms with E-state index in [4.69, 9.17) is 22.9 Å². The van der Waals surface area contributed by atoms with E-state index in [2.05, 4.69) is 11.9 Å². The Balaban J connectivity index is 1.74. The Bertz CT molecular complexity index is 510. The van der Waals surface area contributed by atoms with Crippen LogP contribution in [0.15, 0.2) is 12.2 Å². The van der Waals surface area contributed by atoms with E-state index in [1.807, 2.05) is 0 Å². The Kier molecular flexibility index (Phi) is 6.10. The third kappa shape index (κ3) is 4.74. The van der Waals surface area contributed by atoms with E-state index in [9.17, 15) is 13.8 Å². The van der Waals surface area contributed by atoms with Crippen LogP contribution in [0.2, 0.25) is 0 Å². The fourth-order valence-corrected chi connectivity index (χ4v) is 2.96. The maximum atomic E-state index is 11.7. The van der Waals surface area contributed by atoms with E-state index in [0.717, 1.165) is 0 Å². The van der Waals surface area contributed by atoms with Gasteiger partial charge in [-0.2, -0.15) is 4.21 Å². The molecule has 0 aromatic heterocycles. The maximum Gasteiger partial charge on any atom is 0.407 e. The number of ether oxygens (including phenoxy) is 3. The van der Waals surface area contributed by atoms with Gasteiger partial charge < -0.3 is 19.5 Å². The van der Waals surface area contributed by atoms with E-state index < -0.39 is 35.6 Å². The van der Waals surface area contributed by atoms with Crippen molar-refractivity contribution in [1.29, 1.82) is 0 Å². The molecule has 2 aliphatic heterocycles. The molecular formula is C13H19NO8S. The van der Waals surface area contributed by atoms with Crippen LogP contribution in [0.3, 0.4) is 0 Å². The maximum absolute atomic E-state index is 11.7. The van der Waals surface area contributed by atoms with Crippen LogP contribution in [-0.2, 0) is 34.5 Å². The number of carbonyl (C=O) groups excluding carboxylic acids is 2. The second kappa shape index (κ2) is 7.86. The molecule has 10 heteroatoms. The zero-order valence-corrected chi connectivity index (χ0v) is 13.4. The van der Waals surface area contributed by atoms with Gasteiger partial charge in [0, 0.05) is 5.57 Å². The van der Waals surface area contributed by atoms with Crippen molar-refractivity contribution >= 4 is 23.4 Å². The van der Waals surface area contributed by atoms with Gasteiger partial charge in [0.25, 0.3) is 0 Å². The summed E-state index contributed by atoms with van der Waals surface area (Å²) >= 11 is -2.47. The highest BCUT2D eigenvalue weighted by Crippen LogP contribution is 2.38. The van der Waals surface area contributed by atoms with Gasteiger partial charge in [0.1, 0.15) is 12.7 Å². The number of esters is 1. The van der Waals surface area contributed by atoms with Gasteiger partial charge in [-0.1, -0.05) is 6.58 Å². The highest BCUT2D eigenvalue weighted by atomic mass is 32.2. The number of carbonyl (C=O) groups is 2. The van der Waals surface area contributed by atoms with Crippen LogP contribution in [0, 0.1) is 0 Å². The Morgan fingerprint density at radius 3 is 2.61 bits per heavy atom. The van der Waals surface area contributed by atoms with Crippen LogP contribution in [0.5, 0.6) is 0 Å². The number of fused-ring (bicyclic) bond motifs is 2. The summed E-state index contributed by atoms with van der Waals surface area (Å²) < 4.78 is 40.1. The van der Waals surface area contributed by atoms with Crippen molar-refractivity contribution in [2.24, 2.45) is 0 Å². The molecule has 0 aliphatic carbocycles. The monoisotopic (exact) mass is 349 g/mol. The first-order valence-electron chi connectivity index (χ1n) is 7.09. The summed E-state index contributed by atoms with van der Waals surface area (Å²) in [5, 5.41) is 2.42. The first-order valence-corrected chi connectivity index (χ1v) is 8.12. The van der Waals surface area contributed by atoms with Gasteiger partial charge in [-0.3, -0.25) is 8.74 Å². The molecule has 2 N–H and O–H groups in total. The average Bonchev–Trinajstić information content (AvgIpc) is 3.06. The molecule has 0 aromatic rings. The highest BCUT2D eigenvalue weighted by Gasteiger charge is 2.53. The third-order valence-corrected chi connectivity index (χ3v) is 3.92. The molecule has 2 aliphatic rings. The topological polar surface area (TPSA) is 120 Å². The number of alkyl carbamates (subject to hydrolysis) is 1. The van der Waals surface area contributed by atoms with Crippen molar-refractivity contribution in [2.45, 2.75) is 44.2 Å². The smallest absolute Gasteiger partial charge is 0.407 e. The van der Waals surface area contributed by atoms with Gasteiger partial charge in [0.15, 0.2) is 6.10 Å². The molecule has 1 amide bonds. The minimum Gasteiger partial charge on any atom is -0.460 e. The van der Waals surface area contributed by atoms with Gasteiger partial charge in [-0.15, -0.1) is 0 Å². The largest absolute Gasteiger partial charge is 0.460 e. The molecule has 130 valence electrons. The molecule has 9 nitrogen and oxygen atoms in total. The summed E-state index contributed by atoms with van der Waals surface area (Å²) in [7, 11) is 0. The molecule has 0 aromatic carbocycles. The summed E-state index contributed by atoms with van der Waals surface area (Å²) in [6.45, 7) is 5.00. The Morgan fingerprint density at radius 1 is 1.35 bits per heavy atom. The van der Waals surface area contributed by atoms with Gasteiger partial charge in [0.2, 0.25) is 0 Å². The number of hydrogen-bond acceptors (Lipinski definition) is 7. The number of amides is 1. The summed E-state index contributed by atoms with van der Waals surface area (Å²) in [5.41, 5.74) is 0.267. The average molecular weight is 349 g/mol. The molecule has 5 unspecified atom stereocenters. The first-order chi connectivity index (χ1) is 10.9. The number of nitrogens with one attached hydrogen (secondary N) is 1. The molecule has 0 spiro atoms. The fraction of sp³-hybridized carbons (Fsp3) is 0.692. The second-order valence-corrected chi connectivity index (χ2v) is 5.91. The molecule has 2 bridgehead atoms. The molecular weight excluding hydrogens is 330 g/mol. The van der Waals surface area contributed by atoms with Gasteiger partial charge >= 0.3 is 23.4 Å². The summed E-state index contributed by atoms with van der Waals surface area (Å²) in [6, 6.07) is 0. The third-order valence-electron chi connectivity index (χ3n) is 3.53. The quantitative estimate of drug-likeness (QED) is 0.291. The van der Waals surface area contributed by atoms with E-state index in [1.165, 1.54) is 6.92 Å². The first kappa shape index (κ1) is 17.9. The van der Waals surface area contributed by atoms with Crippen molar-refractivity contribution in [2.75, 3.05) is 13.2 Å². The van der Waals surface area contributed by atoms with Gasteiger partial charge in [-0.25, -0.2) is 9.59 Å². The molecule has 0 radical (unpaired) electrons. The molecule has 23 heavy (non-hydrogen) atoms. The van der Waals surface area contributed by atoms with Crippen molar-refractivity contribution < 1.29 is 36.7 Å². The second-order valence-electron chi connectivity index (χ2n) is 5.28. The van der Waals surface area contributed by atoms with E-state index in [1.54, 1.807) is 0 Å². The Labute approximate surface area is 135 Å². The predicted octanol–water partition coefficient (Wildman–Crippen LogP) is 0.284. The zero-order chi connectivity index (χ0) is 17.0. The van der Waals surface area contributed by atoms with Crippen molar-refractivity contribution in [3.63, 3.8) is 0 Å². The lowest BCUT2D eigenvalue weighted by Gasteiger charge is -2.26. The van der Waals surface area contributed by atoms with Crippen molar-refractivity contribution in [1.82, 2.24) is 5.32 Å².